The van der Waals surface area contributed by atoms with Gasteiger partial charge in [0.1, 0.15) is 0 Å². The van der Waals surface area contributed by atoms with E-state index in [1.54, 1.807) is 0 Å². The van der Waals surface area contributed by atoms with Crippen LogP contribution in [0.15, 0.2) is 24.3 Å². The number of rotatable bonds is 2. The van der Waals surface area contributed by atoms with Gasteiger partial charge >= 0.3 is 6.18 Å². The number of nitrogens with zero attached hydrogens (tertiary/aromatic N) is 2. The van der Waals surface area contributed by atoms with Crippen molar-refractivity contribution in [2.24, 2.45) is 5.92 Å². The topological polar surface area (TPSA) is 70.7 Å². The Balaban J connectivity index is 1.70. The van der Waals surface area contributed by atoms with Gasteiger partial charge < -0.3 is 5.32 Å². The summed E-state index contributed by atoms with van der Waals surface area (Å²) in [6, 6.07) is 4.62. The third-order valence-electron chi connectivity index (χ3n) is 3.70. The van der Waals surface area contributed by atoms with E-state index in [1.165, 1.54) is 12.1 Å². The van der Waals surface area contributed by atoms with Gasteiger partial charge in [-0.05, 0) is 31.0 Å². The van der Waals surface area contributed by atoms with Crippen molar-refractivity contribution >= 4 is 11.6 Å². The molecule has 116 valence electrons. The average molecular weight is 310 g/mol. The zero-order valence-corrected chi connectivity index (χ0v) is 11.4. The number of alkyl halides is 3. The van der Waals surface area contributed by atoms with Crippen LogP contribution in [0, 0.1) is 5.92 Å². The lowest BCUT2D eigenvalue weighted by atomic mass is 9.89. The Morgan fingerprint density at radius 1 is 1.27 bits per heavy atom. The predicted octanol–water partition coefficient (Wildman–Crippen LogP) is 2.57. The molecule has 0 radical (unpaired) electrons. The molecule has 1 atom stereocenters. The van der Waals surface area contributed by atoms with Crippen molar-refractivity contribution in [3.63, 3.8) is 0 Å². The van der Waals surface area contributed by atoms with Crippen LogP contribution in [0.25, 0.3) is 0 Å². The minimum Gasteiger partial charge on any atom is -0.326 e. The normalized spacial score (nSPS) is 17.9. The van der Waals surface area contributed by atoms with Crippen LogP contribution in [0.2, 0.25) is 0 Å². The number of hydrogen-bond acceptors (Lipinski definition) is 3. The highest BCUT2D eigenvalue weighted by Gasteiger charge is 2.31. The molecule has 0 aliphatic heterocycles. The molecule has 0 bridgehead atoms. The highest BCUT2D eigenvalue weighted by Crippen LogP contribution is 2.31. The van der Waals surface area contributed by atoms with Crippen LogP contribution >= 0.6 is 0 Å². The minimum absolute atomic E-state index is 0.144. The average Bonchev–Trinajstić information content (AvgIpc) is 2.94. The fraction of sp³-hybridized carbons (Fsp3) is 0.357. The summed E-state index contributed by atoms with van der Waals surface area (Å²) in [6.07, 6.45) is -2.76. The number of fused-ring (bicyclic) bond motifs is 1. The van der Waals surface area contributed by atoms with E-state index >= 15 is 0 Å². The monoisotopic (exact) mass is 310 g/mol. The quantitative estimate of drug-likeness (QED) is 0.895. The van der Waals surface area contributed by atoms with Crippen LogP contribution < -0.4 is 5.32 Å². The Hall–Kier alpha value is -2.38. The van der Waals surface area contributed by atoms with E-state index in [0.717, 1.165) is 23.5 Å². The van der Waals surface area contributed by atoms with Gasteiger partial charge in [0.25, 0.3) is 0 Å². The van der Waals surface area contributed by atoms with E-state index in [9.17, 15) is 18.0 Å². The summed E-state index contributed by atoms with van der Waals surface area (Å²) in [4.78, 5) is 12.2. The Labute approximate surface area is 123 Å². The molecule has 8 heteroatoms. The molecule has 1 aromatic carbocycles. The number of aromatic amines is 1. The second-order valence-corrected chi connectivity index (χ2v) is 5.22. The Morgan fingerprint density at radius 2 is 2.05 bits per heavy atom. The van der Waals surface area contributed by atoms with Crippen molar-refractivity contribution in [2.45, 2.75) is 25.4 Å². The van der Waals surface area contributed by atoms with Crippen molar-refractivity contribution in [3.05, 3.63) is 41.2 Å². The summed E-state index contributed by atoms with van der Waals surface area (Å²) in [7, 11) is 0. The molecule has 1 aliphatic carbocycles. The number of halogens is 3. The molecule has 0 saturated heterocycles. The van der Waals surface area contributed by atoms with Crippen LogP contribution in [0.1, 0.15) is 23.4 Å². The molecular weight excluding hydrogens is 297 g/mol. The smallest absolute Gasteiger partial charge is 0.326 e. The van der Waals surface area contributed by atoms with Crippen LogP contribution in [0.5, 0.6) is 0 Å². The molecule has 5 nitrogen and oxygen atoms in total. The number of hydrogen-bond donors (Lipinski definition) is 2. The molecule has 1 aliphatic rings. The number of aryl methyl sites for hydroxylation is 1. The van der Waals surface area contributed by atoms with Gasteiger partial charge in [0, 0.05) is 18.0 Å². The van der Waals surface area contributed by atoms with Gasteiger partial charge in [0.05, 0.1) is 17.0 Å². The lowest BCUT2D eigenvalue weighted by Gasteiger charge is -2.20. The summed E-state index contributed by atoms with van der Waals surface area (Å²) in [6.45, 7) is 0. The molecular formula is C14H13F3N4O. The Kier molecular flexibility index (Phi) is 3.59. The first-order valence-electron chi connectivity index (χ1n) is 6.80. The second-order valence-electron chi connectivity index (χ2n) is 5.22. The van der Waals surface area contributed by atoms with E-state index in [1.807, 2.05) is 0 Å². The first kappa shape index (κ1) is 14.6. The largest absolute Gasteiger partial charge is 0.416 e. The van der Waals surface area contributed by atoms with Crippen LogP contribution in [-0.2, 0) is 23.8 Å². The van der Waals surface area contributed by atoms with Crippen LogP contribution in [-0.4, -0.2) is 21.3 Å². The number of benzene rings is 1. The highest BCUT2D eigenvalue weighted by molar-refractivity contribution is 5.92. The molecule has 2 N–H and O–H groups in total. The van der Waals surface area contributed by atoms with E-state index in [0.29, 0.717) is 19.3 Å². The molecule has 22 heavy (non-hydrogen) atoms. The molecule has 0 spiro atoms. The fourth-order valence-corrected chi connectivity index (χ4v) is 2.53. The zero-order valence-electron chi connectivity index (χ0n) is 11.4. The third kappa shape index (κ3) is 2.95. The maximum Gasteiger partial charge on any atom is 0.416 e. The summed E-state index contributed by atoms with van der Waals surface area (Å²) in [5, 5.41) is 13.0. The highest BCUT2D eigenvalue weighted by atomic mass is 19.4. The number of amides is 1. The number of aromatic nitrogens is 3. The molecule has 0 saturated carbocycles. The Morgan fingerprint density at radius 3 is 2.82 bits per heavy atom. The lowest BCUT2D eigenvalue weighted by molar-refractivity contribution is -0.137. The van der Waals surface area contributed by atoms with Crippen molar-refractivity contribution in [1.29, 1.82) is 0 Å². The van der Waals surface area contributed by atoms with E-state index in [4.69, 9.17) is 0 Å². The van der Waals surface area contributed by atoms with E-state index < -0.39 is 11.7 Å². The number of H-pyrrole nitrogens is 1. The molecule has 1 amide bonds. The number of anilines is 1. The summed E-state index contributed by atoms with van der Waals surface area (Å²) >= 11 is 0. The SMILES string of the molecule is O=C(Nc1cccc(C(F)(F)F)c1)C1CCc2n[nH]nc2C1. The standard InChI is InChI=1S/C14H13F3N4O/c15-14(16,17)9-2-1-3-10(7-9)18-13(22)8-4-5-11-12(6-8)20-21-19-11/h1-3,7-8H,4-6H2,(H,18,22)(H,19,20,21). The van der Waals surface area contributed by atoms with Crippen molar-refractivity contribution in [1.82, 2.24) is 15.4 Å². The Bertz CT molecular complexity index is 695. The molecule has 3 rings (SSSR count). The summed E-state index contributed by atoms with van der Waals surface area (Å²) in [5.41, 5.74) is 0.956. The van der Waals surface area contributed by atoms with Gasteiger partial charge in [-0.3, -0.25) is 4.79 Å². The minimum atomic E-state index is -4.43. The van der Waals surface area contributed by atoms with Crippen LogP contribution in [0.4, 0.5) is 18.9 Å². The second kappa shape index (κ2) is 5.43. The number of carbonyl (C=O) groups is 1. The number of carbonyl (C=O) groups excluding carboxylic acids is 1. The molecule has 0 fully saturated rings. The van der Waals surface area contributed by atoms with Crippen LogP contribution in [0.3, 0.4) is 0 Å². The van der Waals surface area contributed by atoms with Crippen molar-refractivity contribution < 1.29 is 18.0 Å². The maximum atomic E-state index is 12.7. The van der Waals surface area contributed by atoms with Gasteiger partial charge in [-0.25, -0.2) is 0 Å². The van der Waals surface area contributed by atoms with Crippen molar-refractivity contribution in [3.8, 4) is 0 Å². The van der Waals surface area contributed by atoms with Gasteiger partial charge in [0.15, 0.2) is 0 Å². The summed E-state index contributed by atoms with van der Waals surface area (Å²) in [5.74, 6) is -0.611. The number of nitrogens with one attached hydrogen (secondary N) is 2. The fourth-order valence-electron chi connectivity index (χ4n) is 2.53. The van der Waals surface area contributed by atoms with Gasteiger partial charge in [-0.1, -0.05) is 6.07 Å². The molecule has 1 unspecified atom stereocenters. The third-order valence-corrected chi connectivity index (χ3v) is 3.70. The predicted molar refractivity (Wildman–Crippen MR) is 72.0 cm³/mol. The first-order valence-corrected chi connectivity index (χ1v) is 6.80. The zero-order chi connectivity index (χ0) is 15.7. The van der Waals surface area contributed by atoms with Crippen molar-refractivity contribution in [2.75, 3.05) is 5.32 Å². The first-order chi connectivity index (χ1) is 10.4. The van der Waals surface area contributed by atoms with Gasteiger partial charge in [-0.2, -0.15) is 28.6 Å². The van der Waals surface area contributed by atoms with E-state index in [-0.39, 0.29) is 17.5 Å². The van der Waals surface area contributed by atoms with E-state index in [2.05, 4.69) is 20.7 Å². The molecule has 1 heterocycles. The molecule has 1 aromatic heterocycles. The lowest BCUT2D eigenvalue weighted by Crippen LogP contribution is -2.28. The summed E-state index contributed by atoms with van der Waals surface area (Å²) < 4.78 is 38.0. The van der Waals surface area contributed by atoms with Gasteiger partial charge in [0.2, 0.25) is 5.91 Å². The van der Waals surface area contributed by atoms with Gasteiger partial charge in [-0.15, -0.1) is 0 Å². The molecule has 2 aromatic rings. The maximum absolute atomic E-state index is 12.7.